The summed E-state index contributed by atoms with van der Waals surface area (Å²) in [5, 5.41) is 4.60. The molecule has 4 aliphatic rings. The minimum atomic E-state index is -0.322. The van der Waals surface area contributed by atoms with Gasteiger partial charge in [0.2, 0.25) is 11.2 Å². The lowest BCUT2D eigenvalue weighted by Crippen LogP contribution is -2.61. The zero-order chi connectivity index (χ0) is 14.0. The van der Waals surface area contributed by atoms with Gasteiger partial charge in [-0.3, -0.25) is 10.2 Å². The van der Waals surface area contributed by atoms with E-state index in [2.05, 4.69) is 15.5 Å². The van der Waals surface area contributed by atoms with Crippen LogP contribution in [0.1, 0.15) is 38.5 Å². The first-order chi connectivity index (χ1) is 9.55. The van der Waals surface area contributed by atoms with Gasteiger partial charge in [-0.1, -0.05) is 0 Å². The summed E-state index contributed by atoms with van der Waals surface area (Å²) in [7, 11) is 0. The molecule has 1 heterocycles. The van der Waals surface area contributed by atoms with Gasteiger partial charge in [-0.15, -0.1) is 5.10 Å². The molecule has 6 nitrogen and oxygen atoms in total. The third-order valence-corrected chi connectivity index (χ3v) is 5.77. The maximum atomic E-state index is 12.3. The molecular formula is C13H18ClN5O. The van der Waals surface area contributed by atoms with Gasteiger partial charge in [0, 0.05) is 0 Å². The van der Waals surface area contributed by atoms with Crippen LogP contribution in [0, 0.1) is 17.3 Å². The molecule has 0 spiro atoms. The zero-order valence-corrected chi connectivity index (χ0v) is 11.9. The Bertz CT molecular complexity index is 557. The summed E-state index contributed by atoms with van der Waals surface area (Å²) in [6.07, 6.45) is 7.79. The van der Waals surface area contributed by atoms with Crippen molar-refractivity contribution in [3.63, 3.8) is 0 Å². The largest absolute Gasteiger partial charge is 0.294 e. The minimum Gasteiger partial charge on any atom is -0.294 e. The van der Waals surface area contributed by atoms with Crippen LogP contribution in [-0.2, 0) is 10.3 Å². The monoisotopic (exact) mass is 295 g/mol. The average Bonchev–Trinajstić information content (AvgIpc) is 2.84. The molecular weight excluding hydrogens is 278 g/mol. The van der Waals surface area contributed by atoms with E-state index in [0.717, 1.165) is 32.1 Å². The molecule has 108 valence electrons. The number of aromatic nitrogens is 3. The molecule has 0 radical (unpaired) electrons. The maximum absolute atomic E-state index is 12.3. The molecule has 0 unspecified atom stereocenters. The molecule has 4 bridgehead atoms. The fourth-order valence-electron chi connectivity index (χ4n) is 5.37. The van der Waals surface area contributed by atoms with Crippen LogP contribution in [0.25, 0.3) is 0 Å². The summed E-state index contributed by atoms with van der Waals surface area (Å²) in [6, 6.07) is 0. The van der Waals surface area contributed by atoms with Crippen molar-refractivity contribution in [2.75, 3.05) is 0 Å². The molecule has 1 aromatic rings. The molecule has 4 aliphatic carbocycles. The number of amides is 1. The van der Waals surface area contributed by atoms with Gasteiger partial charge in [-0.2, -0.15) is 0 Å². The molecule has 7 heteroatoms. The Morgan fingerprint density at radius 1 is 1.40 bits per heavy atom. The number of carbonyl (C=O) groups is 1. The Labute approximate surface area is 122 Å². The summed E-state index contributed by atoms with van der Waals surface area (Å²) in [6.45, 7) is 0. The number of nitrogens with two attached hydrogens (primary N) is 1. The standard InChI is InChI=1S/C13H18ClN5O/c14-11-16-7-19(18-11)13-4-8-1-9(5-13)3-12(2-8,6-13)10(20)17-15/h7-9H,1-6,15H2,(H,17,20)/t8-,9-,12?,13?/m0/s1. The second-order valence-electron chi connectivity index (χ2n) is 6.90. The fraction of sp³-hybridized carbons (Fsp3) is 0.769. The lowest BCUT2D eigenvalue weighted by Gasteiger charge is -2.60. The highest BCUT2D eigenvalue weighted by atomic mass is 35.5. The first kappa shape index (κ1) is 12.6. The Balaban J connectivity index is 1.77. The van der Waals surface area contributed by atoms with E-state index >= 15 is 0 Å². The highest BCUT2D eigenvalue weighted by Crippen LogP contribution is 2.64. The SMILES string of the molecule is NNC(=O)C12C[C@@H]3C[C@@H](C1)CC(n1cnc(Cl)n1)(C3)C2. The molecule has 4 saturated carbocycles. The van der Waals surface area contributed by atoms with Gasteiger partial charge >= 0.3 is 0 Å². The summed E-state index contributed by atoms with van der Waals surface area (Å²) in [5.41, 5.74) is 1.96. The highest BCUT2D eigenvalue weighted by Gasteiger charge is 2.61. The molecule has 0 aromatic carbocycles. The van der Waals surface area contributed by atoms with Crippen LogP contribution >= 0.6 is 11.6 Å². The van der Waals surface area contributed by atoms with Crippen LogP contribution in [0.15, 0.2) is 6.33 Å². The number of carbonyl (C=O) groups excluding carboxylic acids is 1. The Morgan fingerprint density at radius 2 is 2.10 bits per heavy atom. The van der Waals surface area contributed by atoms with E-state index in [4.69, 9.17) is 17.4 Å². The van der Waals surface area contributed by atoms with Crippen molar-refractivity contribution in [3.8, 4) is 0 Å². The molecule has 0 aliphatic heterocycles. The zero-order valence-electron chi connectivity index (χ0n) is 11.2. The second-order valence-corrected chi connectivity index (χ2v) is 7.24. The van der Waals surface area contributed by atoms with Crippen molar-refractivity contribution >= 4 is 17.5 Å². The van der Waals surface area contributed by atoms with Crippen LogP contribution < -0.4 is 11.3 Å². The smallest absolute Gasteiger partial charge is 0.242 e. The van der Waals surface area contributed by atoms with E-state index < -0.39 is 0 Å². The van der Waals surface area contributed by atoms with Crippen LogP contribution in [-0.4, -0.2) is 20.7 Å². The van der Waals surface area contributed by atoms with E-state index in [-0.39, 0.29) is 22.1 Å². The van der Waals surface area contributed by atoms with E-state index in [1.165, 1.54) is 6.42 Å². The fourth-order valence-corrected chi connectivity index (χ4v) is 5.50. The van der Waals surface area contributed by atoms with E-state index in [1.54, 1.807) is 6.33 Å². The van der Waals surface area contributed by atoms with E-state index in [9.17, 15) is 4.79 Å². The first-order valence-corrected chi connectivity index (χ1v) is 7.52. The number of rotatable bonds is 2. The maximum Gasteiger partial charge on any atom is 0.242 e. The Hall–Kier alpha value is -1.14. The molecule has 1 aromatic heterocycles. The van der Waals surface area contributed by atoms with Crippen molar-refractivity contribution in [1.82, 2.24) is 20.2 Å². The predicted octanol–water partition coefficient (Wildman–Crippen LogP) is 1.22. The summed E-state index contributed by atoms with van der Waals surface area (Å²) in [4.78, 5) is 16.4. The molecule has 1 amide bonds. The van der Waals surface area contributed by atoms with Crippen molar-refractivity contribution in [2.24, 2.45) is 23.1 Å². The molecule has 20 heavy (non-hydrogen) atoms. The van der Waals surface area contributed by atoms with Crippen LogP contribution in [0.3, 0.4) is 0 Å². The van der Waals surface area contributed by atoms with Crippen LogP contribution in [0.4, 0.5) is 0 Å². The van der Waals surface area contributed by atoms with Crippen molar-refractivity contribution in [3.05, 3.63) is 11.6 Å². The number of nitrogens with one attached hydrogen (secondary N) is 1. The van der Waals surface area contributed by atoms with E-state index in [0.29, 0.717) is 11.8 Å². The molecule has 5 rings (SSSR count). The van der Waals surface area contributed by atoms with Gasteiger partial charge in [0.25, 0.3) is 0 Å². The van der Waals surface area contributed by atoms with Gasteiger partial charge < -0.3 is 0 Å². The number of hydrazine groups is 1. The molecule has 3 N–H and O–H groups in total. The first-order valence-electron chi connectivity index (χ1n) is 7.14. The van der Waals surface area contributed by atoms with Crippen LogP contribution in [0.2, 0.25) is 5.28 Å². The number of nitrogens with zero attached hydrogens (tertiary/aromatic N) is 3. The number of hydrogen-bond acceptors (Lipinski definition) is 4. The third kappa shape index (κ3) is 1.58. The summed E-state index contributed by atoms with van der Waals surface area (Å²) >= 11 is 5.88. The van der Waals surface area contributed by atoms with Gasteiger partial charge in [0.15, 0.2) is 0 Å². The van der Waals surface area contributed by atoms with Crippen molar-refractivity contribution in [1.29, 1.82) is 0 Å². The second kappa shape index (κ2) is 3.95. The normalized spacial score (nSPS) is 41.9. The van der Waals surface area contributed by atoms with Crippen molar-refractivity contribution < 1.29 is 4.79 Å². The summed E-state index contributed by atoms with van der Waals surface area (Å²) < 4.78 is 1.91. The lowest BCUT2D eigenvalue weighted by molar-refractivity contribution is -0.156. The van der Waals surface area contributed by atoms with Gasteiger partial charge in [-0.05, 0) is 62.0 Å². The molecule has 0 saturated heterocycles. The highest BCUT2D eigenvalue weighted by molar-refractivity contribution is 6.28. The van der Waals surface area contributed by atoms with E-state index in [1.807, 2.05) is 4.68 Å². The molecule has 2 atom stereocenters. The van der Waals surface area contributed by atoms with Gasteiger partial charge in [0.1, 0.15) is 6.33 Å². The quantitative estimate of drug-likeness (QED) is 0.488. The Kier molecular flexibility index (Phi) is 2.49. The molecule has 4 fully saturated rings. The topological polar surface area (TPSA) is 85.8 Å². The Morgan fingerprint density at radius 3 is 2.65 bits per heavy atom. The number of hydrogen-bond donors (Lipinski definition) is 2. The number of halogens is 1. The summed E-state index contributed by atoms with van der Waals surface area (Å²) in [5.74, 6) is 6.57. The minimum absolute atomic E-state index is 0.0119. The van der Waals surface area contributed by atoms with Gasteiger partial charge in [-0.25, -0.2) is 15.5 Å². The average molecular weight is 296 g/mol. The lowest BCUT2D eigenvalue weighted by atomic mass is 9.46. The van der Waals surface area contributed by atoms with Crippen LogP contribution in [0.5, 0.6) is 0 Å². The predicted molar refractivity (Wildman–Crippen MR) is 72.5 cm³/mol. The third-order valence-electron chi connectivity index (χ3n) is 5.59. The van der Waals surface area contributed by atoms with Crippen molar-refractivity contribution in [2.45, 2.75) is 44.1 Å². The van der Waals surface area contributed by atoms with Gasteiger partial charge in [0.05, 0.1) is 11.0 Å².